The highest BCUT2D eigenvalue weighted by Crippen LogP contribution is 2.64. The van der Waals surface area contributed by atoms with E-state index < -0.39 is 10.6 Å². The van der Waals surface area contributed by atoms with Gasteiger partial charge in [-0.15, -0.1) is 0 Å². The van der Waals surface area contributed by atoms with Crippen molar-refractivity contribution in [2.75, 3.05) is 5.32 Å². The highest BCUT2D eigenvalue weighted by molar-refractivity contribution is 8.25. The van der Waals surface area contributed by atoms with E-state index in [4.69, 9.17) is 5.10 Å². The van der Waals surface area contributed by atoms with Gasteiger partial charge in [-0.1, -0.05) is 6.92 Å². The molecule has 1 saturated carbocycles. The predicted octanol–water partition coefficient (Wildman–Crippen LogP) is 4.95. The fraction of sp³-hybridized carbons (Fsp3) is 0.409. The number of nitrogens with one attached hydrogen (secondary N) is 2. The molecule has 3 atom stereocenters. The molecule has 1 aliphatic carbocycles. The number of hydrogen-bond acceptors (Lipinski definition) is 6. The van der Waals surface area contributed by atoms with E-state index in [0.717, 1.165) is 24.1 Å². The zero-order chi connectivity index (χ0) is 21.9. The molecule has 0 amide bonds. The third-order valence-electron chi connectivity index (χ3n) is 6.72. The predicted molar refractivity (Wildman–Crippen MR) is 121 cm³/mol. The van der Waals surface area contributed by atoms with Crippen molar-refractivity contribution in [3.05, 3.63) is 46.4 Å². The number of anilines is 2. The van der Waals surface area contributed by atoms with Crippen LogP contribution in [0.2, 0.25) is 0 Å². The molecule has 0 spiro atoms. The van der Waals surface area contributed by atoms with Crippen LogP contribution >= 0.6 is 10.6 Å². The number of H-pyrrole nitrogens is 1. The lowest BCUT2D eigenvalue weighted by molar-refractivity contribution is 0.426. The summed E-state index contributed by atoms with van der Waals surface area (Å²) in [5, 5.41) is 17.5. The Balaban J connectivity index is 1.58. The molecule has 3 aromatic rings. The average molecular weight is 440 g/mol. The molecule has 1 fully saturated rings. The van der Waals surface area contributed by atoms with Crippen molar-refractivity contribution in [1.82, 2.24) is 14.8 Å². The van der Waals surface area contributed by atoms with Gasteiger partial charge >= 0.3 is 0 Å². The van der Waals surface area contributed by atoms with Gasteiger partial charge in [-0.3, -0.25) is 18.6 Å². The first kappa shape index (κ1) is 20.1. The number of benzene rings is 1. The second-order valence-corrected chi connectivity index (χ2v) is 11.0. The van der Waals surface area contributed by atoms with Crippen molar-refractivity contribution in [3.8, 4) is 6.07 Å². The molecule has 162 valence electrons. The van der Waals surface area contributed by atoms with Crippen LogP contribution in [0.25, 0.3) is 10.9 Å². The molecule has 1 aliphatic heterocycles. The van der Waals surface area contributed by atoms with E-state index in [9.17, 15) is 19.2 Å². The van der Waals surface area contributed by atoms with Crippen molar-refractivity contribution >= 4 is 33.0 Å². The Morgan fingerprint density at radius 2 is 2.13 bits per heavy atom. The Morgan fingerprint density at radius 1 is 1.35 bits per heavy atom. The van der Waals surface area contributed by atoms with Gasteiger partial charge in [-0.2, -0.15) is 21.0 Å². The number of nitrogens with zero attached hydrogens (tertiary/aromatic N) is 3. The van der Waals surface area contributed by atoms with Crippen molar-refractivity contribution < 1.29 is 9.11 Å². The minimum Gasteiger partial charge on any atom is -0.338 e. The molecular formula is C22H25N5O3S. The Kier molecular flexibility index (Phi) is 4.62. The number of rotatable bonds is 5. The first-order chi connectivity index (χ1) is 14.8. The average Bonchev–Trinajstić information content (AvgIpc) is 3.50. The smallest absolute Gasteiger partial charge is 0.261 e. The van der Waals surface area contributed by atoms with Gasteiger partial charge in [0.15, 0.2) is 5.82 Å². The maximum atomic E-state index is 12.7. The molecule has 31 heavy (non-hydrogen) atoms. The van der Waals surface area contributed by atoms with Crippen LogP contribution in [0.3, 0.4) is 0 Å². The molecule has 5 rings (SSSR count). The molecule has 0 radical (unpaired) electrons. The fourth-order valence-corrected chi connectivity index (χ4v) is 6.57. The van der Waals surface area contributed by atoms with Crippen LogP contribution in [0.4, 0.5) is 11.5 Å². The van der Waals surface area contributed by atoms with Crippen LogP contribution in [0.1, 0.15) is 50.6 Å². The van der Waals surface area contributed by atoms with Gasteiger partial charge in [0.1, 0.15) is 5.39 Å². The first-order valence-electron chi connectivity index (χ1n) is 10.5. The number of aromatic amines is 1. The van der Waals surface area contributed by atoms with Crippen molar-refractivity contribution in [3.63, 3.8) is 0 Å². The van der Waals surface area contributed by atoms with Crippen LogP contribution < -0.4 is 10.9 Å². The molecule has 2 aliphatic rings. The third-order valence-corrected chi connectivity index (χ3v) is 9.18. The van der Waals surface area contributed by atoms with Gasteiger partial charge in [-0.25, -0.2) is 0 Å². The zero-order valence-electron chi connectivity index (χ0n) is 17.4. The highest BCUT2D eigenvalue weighted by Gasteiger charge is 2.40. The van der Waals surface area contributed by atoms with Gasteiger partial charge in [0.2, 0.25) is 0 Å². The second-order valence-electron chi connectivity index (χ2n) is 8.59. The lowest BCUT2D eigenvalue weighted by Crippen LogP contribution is -2.13. The molecule has 9 heteroatoms. The number of pyridine rings is 1. The summed E-state index contributed by atoms with van der Waals surface area (Å²) in [6.07, 6.45) is 4.08. The Bertz CT molecular complexity index is 1270. The number of nitriles is 1. The number of aromatic nitrogens is 3. The minimum atomic E-state index is -2.81. The molecule has 1 aromatic carbocycles. The van der Waals surface area contributed by atoms with E-state index in [2.05, 4.69) is 16.4 Å². The Labute approximate surface area is 181 Å². The van der Waals surface area contributed by atoms with E-state index in [1.165, 1.54) is 0 Å². The second kappa shape index (κ2) is 7.12. The standard InChI is InChI=1S/C22H25N5O3S/c1-12-13(2)31(29,30)19-6-5-15(11-16(12)19)25-21-20-18(8-10-24-22(20)28)27(26-21)17(7-9-23)14-3-4-14/h5-6,8,10-14,17,29-30H,3-4,7H2,1-2H3,(H,24,28)(H,25,26)/t12-,13-,17-/m0/s1. The normalized spacial score (nSPS) is 23.8. The highest BCUT2D eigenvalue weighted by atomic mass is 32.3. The molecule has 4 N–H and O–H groups in total. The van der Waals surface area contributed by atoms with Crippen LogP contribution in [0.5, 0.6) is 0 Å². The van der Waals surface area contributed by atoms with E-state index in [1.807, 2.05) is 30.7 Å². The molecule has 8 nitrogen and oxygen atoms in total. The summed E-state index contributed by atoms with van der Waals surface area (Å²) >= 11 is 0. The molecule has 0 unspecified atom stereocenters. The van der Waals surface area contributed by atoms with E-state index in [0.29, 0.717) is 34.0 Å². The van der Waals surface area contributed by atoms with E-state index in [-0.39, 0.29) is 22.8 Å². The summed E-state index contributed by atoms with van der Waals surface area (Å²) in [5.41, 5.74) is 2.09. The zero-order valence-corrected chi connectivity index (χ0v) is 18.2. The topological polar surface area (TPSA) is 127 Å². The van der Waals surface area contributed by atoms with Gasteiger partial charge in [0.05, 0.1) is 34.2 Å². The van der Waals surface area contributed by atoms with Crippen molar-refractivity contribution in [1.29, 1.82) is 5.26 Å². The van der Waals surface area contributed by atoms with Gasteiger partial charge in [0, 0.05) is 17.8 Å². The van der Waals surface area contributed by atoms with Crippen molar-refractivity contribution in [2.24, 2.45) is 5.92 Å². The molecule has 0 bridgehead atoms. The summed E-state index contributed by atoms with van der Waals surface area (Å²) < 4.78 is 22.9. The largest absolute Gasteiger partial charge is 0.338 e. The van der Waals surface area contributed by atoms with Crippen LogP contribution in [-0.4, -0.2) is 29.1 Å². The van der Waals surface area contributed by atoms with Crippen molar-refractivity contribution in [2.45, 2.75) is 55.2 Å². The fourth-order valence-electron chi connectivity index (χ4n) is 4.60. The molecule has 2 aromatic heterocycles. The lowest BCUT2D eigenvalue weighted by Gasteiger charge is -2.33. The van der Waals surface area contributed by atoms with E-state index in [1.54, 1.807) is 18.3 Å². The lowest BCUT2D eigenvalue weighted by atomic mass is 9.98. The van der Waals surface area contributed by atoms with Gasteiger partial charge < -0.3 is 10.3 Å². The van der Waals surface area contributed by atoms with Gasteiger partial charge in [-0.05, 0) is 55.5 Å². The molecular weight excluding hydrogens is 414 g/mol. The third kappa shape index (κ3) is 3.14. The van der Waals surface area contributed by atoms with Crippen LogP contribution in [0.15, 0.2) is 40.2 Å². The molecule has 3 heterocycles. The van der Waals surface area contributed by atoms with E-state index >= 15 is 0 Å². The summed E-state index contributed by atoms with van der Waals surface area (Å²) in [6, 6.07) is 9.47. The summed E-state index contributed by atoms with van der Waals surface area (Å²) in [5.74, 6) is 0.849. The maximum absolute atomic E-state index is 12.7. The number of fused-ring (bicyclic) bond motifs is 2. The SMILES string of the molecule is C[C@@H]1c2cc(Nc3nn([C@@H](CC#N)C4CC4)c4cc[nH]c(=O)c34)ccc2S(O)(O)[C@H]1C. The first-order valence-corrected chi connectivity index (χ1v) is 12.1. The van der Waals surface area contributed by atoms with Gasteiger partial charge in [0.25, 0.3) is 5.56 Å². The minimum absolute atomic E-state index is 0.00864. The van der Waals surface area contributed by atoms with Crippen LogP contribution in [0, 0.1) is 17.2 Å². The monoisotopic (exact) mass is 439 g/mol. The molecule has 0 saturated heterocycles. The number of hydrogen-bond donors (Lipinski definition) is 4. The Morgan fingerprint density at radius 3 is 2.84 bits per heavy atom. The quantitative estimate of drug-likeness (QED) is 0.445. The summed E-state index contributed by atoms with van der Waals surface area (Å²) in [7, 11) is -2.81. The Hall–Kier alpha value is -2.80. The summed E-state index contributed by atoms with van der Waals surface area (Å²) in [6.45, 7) is 3.85. The summed E-state index contributed by atoms with van der Waals surface area (Å²) in [4.78, 5) is 16.0. The van der Waals surface area contributed by atoms with Crippen LogP contribution in [-0.2, 0) is 0 Å². The maximum Gasteiger partial charge on any atom is 0.261 e.